The highest BCUT2D eigenvalue weighted by Crippen LogP contribution is 2.37. The van der Waals surface area contributed by atoms with E-state index >= 15 is 0 Å². The minimum Gasteiger partial charge on any atom is -0.351 e. The van der Waals surface area contributed by atoms with E-state index in [1.807, 2.05) is 17.5 Å². The first-order chi connectivity index (χ1) is 12.2. The summed E-state index contributed by atoms with van der Waals surface area (Å²) in [7, 11) is 0. The molecule has 2 heterocycles. The van der Waals surface area contributed by atoms with Crippen LogP contribution >= 0.6 is 22.9 Å². The van der Waals surface area contributed by atoms with Gasteiger partial charge >= 0.3 is 0 Å². The molecule has 2 saturated carbocycles. The molecule has 0 unspecified atom stereocenters. The summed E-state index contributed by atoms with van der Waals surface area (Å²) >= 11 is 2.67. The first-order valence-electron chi connectivity index (χ1n) is 8.67. The monoisotopic (exact) mass is 376 g/mol. The first kappa shape index (κ1) is 16.7. The van der Waals surface area contributed by atoms with Crippen LogP contribution in [0.1, 0.15) is 59.9 Å². The molecule has 0 spiro atoms. The Kier molecular flexibility index (Phi) is 4.80. The minimum absolute atomic E-state index is 0.0715. The number of carbonyl (C=O) groups excluding carboxylic acids is 2. The number of amides is 2. The Morgan fingerprint density at radius 3 is 2.64 bits per heavy atom. The average Bonchev–Trinajstić information content (AvgIpc) is 3.10. The van der Waals surface area contributed by atoms with Crippen molar-refractivity contribution < 1.29 is 9.59 Å². The number of carbonyl (C=O) groups is 2. The summed E-state index contributed by atoms with van der Waals surface area (Å²) in [5.41, 5.74) is 0.326. The Labute approximate surface area is 154 Å². The van der Waals surface area contributed by atoms with E-state index in [0.717, 1.165) is 54.9 Å². The maximum Gasteiger partial charge on any atom is 0.276 e. The van der Waals surface area contributed by atoms with Crippen LogP contribution in [-0.4, -0.2) is 38.4 Å². The number of hydrogen-bond acceptors (Lipinski definition) is 6. The summed E-state index contributed by atoms with van der Waals surface area (Å²) in [6.07, 6.45) is 6.23. The molecule has 2 aliphatic rings. The quantitative estimate of drug-likeness (QED) is 0.841. The van der Waals surface area contributed by atoms with Crippen LogP contribution in [0.25, 0.3) is 0 Å². The highest BCUT2D eigenvalue weighted by Gasteiger charge is 2.43. The van der Waals surface area contributed by atoms with Crippen LogP contribution < -0.4 is 5.32 Å². The third kappa shape index (κ3) is 3.59. The smallest absolute Gasteiger partial charge is 0.276 e. The Morgan fingerprint density at radius 2 is 2.04 bits per heavy atom. The van der Waals surface area contributed by atoms with E-state index in [9.17, 15) is 9.59 Å². The van der Waals surface area contributed by atoms with Crippen molar-refractivity contribution in [2.45, 2.75) is 56.7 Å². The number of aromatic nitrogens is 2. The highest BCUT2D eigenvalue weighted by atomic mass is 32.1. The predicted octanol–water partition coefficient (Wildman–Crippen LogP) is 3.00. The SMILES string of the molecule is O=C(NC1CCCC1)[C@@H](c1cccs1)N(C(=O)c1csnn1)C1CC1. The van der Waals surface area contributed by atoms with Crippen molar-refractivity contribution in [3.05, 3.63) is 33.5 Å². The molecule has 0 aliphatic heterocycles. The molecule has 0 aromatic carbocycles. The second kappa shape index (κ2) is 7.21. The number of nitrogens with zero attached hydrogens (tertiary/aromatic N) is 3. The third-order valence-electron chi connectivity index (χ3n) is 4.79. The molecule has 1 atom stereocenters. The van der Waals surface area contributed by atoms with Crippen molar-refractivity contribution in [1.29, 1.82) is 0 Å². The maximum absolute atomic E-state index is 13.1. The molecule has 0 bridgehead atoms. The molecular weight excluding hydrogens is 356 g/mol. The van der Waals surface area contributed by atoms with Crippen molar-refractivity contribution in [2.75, 3.05) is 0 Å². The molecule has 0 radical (unpaired) electrons. The average molecular weight is 377 g/mol. The van der Waals surface area contributed by atoms with Gasteiger partial charge in [0.25, 0.3) is 5.91 Å². The van der Waals surface area contributed by atoms with E-state index in [1.54, 1.807) is 10.3 Å². The molecule has 132 valence electrons. The largest absolute Gasteiger partial charge is 0.351 e. The number of hydrogen-bond donors (Lipinski definition) is 1. The van der Waals surface area contributed by atoms with Crippen molar-refractivity contribution in [3.63, 3.8) is 0 Å². The number of rotatable bonds is 6. The van der Waals surface area contributed by atoms with Gasteiger partial charge in [-0.2, -0.15) is 0 Å². The third-order valence-corrected chi connectivity index (χ3v) is 6.22. The van der Waals surface area contributed by atoms with E-state index in [0.29, 0.717) is 5.69 Å². The van der Waals surface area contributed by atoms with E-state index in [4.69, 9.17) is 0 Å². The van der Waals surface area contributed by atoms with Crippen LogP contribution in [0, 0.1) is 0 Å². The molecule has 2 aromatic heterocycles. The second-order valence-electron chi connectivity index (χ2n) is 6.64. The molecule has 2 aliphatic carbocycles. The zero-order valence-corrected chi connectivity index (χ0v) is 15.4. The summed E-state index contributed by atoms with van der Waals surface area (Å²) in [6.45, 7) is 0. The van der Waals surface area contributed by atoms with Gasteiger partial charge in [-0.15, -0.1) is 16.4 Å². The number of nitrogens with one attached hydrogen (secondary N) is 1. The normalized spacial score (nSPS) is 18.9. The van der Waals surface area contributed by atoms with Crippen molar-refractivity contribution in [3.8, 4) is 0 Å². The van der Waals surface area contributed by atoms with Gasteiger partial charge in [-0.25, -0.2) is 0 Å². The Morgan fingerprint density at radius 1 is 1.24 bits per heavy atom. The molecule has 0 saturated heterocycles. The topological polar surface area (TPSA) is 75.2 Å². The van der Waals surface area contributed by atoms with E-state index < -0.39 is 6.04 Å². The van der Waals surface area contributed by atoms with Gasteiger partial charge < -0.3 is 10.2 Å². The highest BCUT2D eigenvalue weighted by molar-refractivity contribution is 7.10. The zero-order chi connectivity index (χ0) is 17.2. The Hall–Kier alpha value is -1.80. The number of thiophene rings is 1. The lowest BCUT2D eigenvalue weighted by molar-refractivity contribution is -0.126. The van der Waals surface area contributed by atoms with Gasteiger partial charge in [0.05, 0.1) is 0 Å². The molecule has 4 rings (SSSR count). The Balaban J connectivity index is 1.63. The zero-order valence-electron chi connectivity index (χ0n) is 13.8. The fourth-order valence-electron chi connectivity index (χ4n) is 3.43. The molecule has 25 heavy (non-hydrogen) atoms. The minimum atomic E-state index is -0.581. The van der Waals surface area contributed by atoms with Gasteiger partial charge in [-0.05, 0) is 48.7 Å². The molecule has 2 amide bonds. The van der Waals surface area contributed by atoms with Gasteiger partial charge in [0.2, 0.25) is 5.91 Å². The summed E-state index contributed by atoms with van der Waals surface area (Å²) in [5, 5.41) is 10.7. The van der Waals surface area contributed by atoms with Gasteiger partial charge in [0.1, 0.15) is 6.04 Å². The van der Waals surface area contributed by atoms with Crippen LogP contribution in [0.15, 0.2) is 22.9 Å². The van der Waals surface area contributed by atoms with Crippen molar-refractivity contribution in [2.24, 2.45) is 0 Å². The summed E-state index contributed by atoms with van der Waals surface area (Å²) in [4.78, 5) is 28.8. The predicted molar refractivity (Wildman–Crippen MR) is 96.6 cm³/mol. The molecule has 2 aromatic rings. The van der Waals surface area contributed by atoms with Gasteiger partial charge in [0.15, 0.2) is 5.69 Å². The molecule has 6 nitrogen and oxygen atoms in total. The van der Waals surface area contributed by atoms with E-state index in [-0.39, 0.29) is 23.9 Å². The lowest BCUT2D eigenvalue weighted by Gasteiger charge is -2.30. The lowest BCUT2D eigenvalue weighted by atomic mass is 10.1. The first-order valence-corrected chi connectivity index (χ1v) is 10.4. The summed E-state index contributed by atoms with van der Waals surface area (Å²) in [6, 6.07) is 3.62. The van der Waals surface area contributed by atoms with Gasteiger partial charge in [0, 0.05) is 22.3 Å². The molecule has 1 N–H and O–H groups in total. The van der Waals surface area contributed by atoms with Crippen LogP contribution in [-0.2, 0) is 4.79 Å². The molecule has 8 heteroatoms. The Bertz CT molecular complexity index is 722. The van der Waals surface area contributed by atoms with Crippen molar-refractivity contribution >= 4 is 34.7 Å². The summed E-state index contributed by atoms with van der Waals surface area (Å²) in [5.74, 6) is -0.269. The van der Waals surface area contributed by atoms with Crippen LogP contribution in [0.2, 0.25) is 0 Å². The van der Waals surface area contributed by atoms with Crippen LogP contribution in [0.5, 0.6) is 0 Å². The fraction of sp³-hybridized carbons (Fsp3) is 0.529. The van der Waals surface area contributed by atoms with Crippen molar-refractivity contribution in [1.82, 2.24) is 19.8 Å². The maximum atomic E-state index is 13.1. The fourth-order valence-corrected chi connectivity index (χ4v) is 4.68. The second-order valence-corrected chi connectivity index (χ2v) is 8.23. The van der Waals surface area contributed by atoms with Crippen LogP contribution in [0.3, 0.4) is 0 Å². The van der Waals surface area contributed by atoms with E-state index in [1.165, 1.54) is 11.3 Å². The van der Waals surface area contributed by atoms with Crippen LogP contribution in [0.4, 0.5) is 0 Å². The lowest BCUT2D eigenvalue weighted by Crippen LogP contribution is -2.47. The van der Waals surface area contributed by atoms with Gasteiger partial charge in [-0.1, -0.05) is 23.4 Å². The van der Waals surface area contributed by atoms with Gasteiger partial charge in [-0.3, -0.25) is 9.59 Å². The van der Waals surface area contributed by atoms with E-state index in [2.05, 4.69) is 14.9 Å². The molecule has 2 fully saturated rings. The summed E-state index contributed by atoms with van der Waals surface area (Å²) < 4.78 is 3.80. The standard InChI is InChI=1S/C17H20N4O2S2/c22-16(18-11-4-1-2-5-11)15(14-6-3-9-24-14)21(12-7-8-12)17(23)13-10-25-20-19-13/h3,6,9-12,15H,1-2,4-5,7-8H2,(H,18,22)/t15-/m1/s1. The molecular formula is C17H20N4O2S2.